The molecule has 1 aliphatic heterocycles. The van der Waals surface area contributed by atoms with E-state index in [4.69, 9.17) is 4.74 Å². The maximum atomic E-state index is 11.4. The quantitative estimate of drug-likeness (QED) is 0.640. The smallest absolute Gasteiger partial charge is 0.308 e. The first-order valence-corrected chi connectivity index (χ1v) is 8.69. The van der Waals surface area contributed by atoms with Crippen LogP contribution in [0.4, 0.5) is 0 Å². The molecule has 3 nitrogen and oxygen atoms in total. The number of allylic oxidation sites excluding steroid dienone is 2. The van der Waals surface area contributed by atoms with Crippen LogP contribution in [0.5, 0.6) is 0 Å². The van der Waals surface area contributed by atoms with Crippen LogP contribution in [0.15, 0.2) is 12.2 Å². The van der Waals surface area contributed by atoms with Gasteiger partial charge in [0.2, 0.25) is 0 Å². The van der Waals surface area contributed by atoms with Crippen LogP contribution in [0.25, 0.3) is 0 Å². The number of hydrogen-bond donors (Lipinski definition) is 1. The molecule has 2 aliphatic carbocycles. The van der Waals surface area contributed by atoms with Crippen molar-refractivity contribution in [3.05, 3.63) is 12.2 Å². The number of esters is 1. The SMILES string of the molecule is C[C@H]1C=C[C@H]2CCCC[C@@H]2[C@@H]1CC[C@@H]1C[C@@H](O)CC(=O)O1. The molecule has 1 N–H and O–H groups in total. The third-order valence-corrected chi connectivity index (χ3v) is 5.82. The molecular formula is C18H28O3. The van der Waals surface area contributed by atoms with Gasteiger partial charge in [-0.1, -0.05) is 31.9 Å². The Balaban J connectivity index is 1.58. The largest absolute Gasteiger partial charge is 0.462 e. The lowest BCUT2D eigenvalue weighted by molar-refractivity contribution is -0.160. The number of carbonyl (C=O) groups is 1. The van der Waals surface area contributed by atoms with Crippen LogP contribution in [0.3, 0.4) is 0 Å². The summed E-state index contributed by atoms with van der Waals surface area (Å²) in [6, 6.07) is 0. The van der Waals surface area contributed by atoms with Gasteiger partial charge in [0, 0.05) is 6.42 Å². The van der Waals surface area contributed by atoms with E-state index in [9.17, 15) is 9.90 Å². The van der Waals surface area contributed by atoms with Crippen LogP contribution in [0.2, 0.25) is 0 Å². The molecule has 0 unspecified atom stereocenters. The van der Waals surface area contributed by atoms with E-state index in [0.717, 1.165) is 30.6 Å². The van der Waals surface area contributed by atoms with Crippen molar-refractivity contribution in [2.24, 2.45) is 23.7 Å². The number of aliphatic hydroxyl groups is 1. The minimum absolute atomic E-state index is 0.0682. The Bertz CT molecular complexity index is 403. The van der Waals surface area contributed by atoms with E-state index in [1.54, 1.807) is 0 Å². The number of fused-ring (bicyclic) bond motifs is 1. The summed E-state index contributed by atoms with van der Waals surface area (Å²) in [5.74, 6) is 2.72. The number of rotatable bonds is 3. The molecule has 6 atom stereocenters. The predicted octanol–water partition coefficient (Wildman–Crippen LogP) is 3.46. The van der Waals surface area contributed by atoms with Crippen molar-refractivity contribution < 1.29 is 14.6 Å². The van der Waals surface area contributed by atoms with Crippen LogP contribution in [0.1, 0.15) is 58.3 Å². The standard InChI is InChI=1S/C18H28O3/c1-12-6-7-13-4-2-3-5-17(13)16(12)9-8-15-10-14(19)11-18(20)21-15/h6-7,12-17,19H,2-5,8-11H2,1H3/t12-,13+,14+,15+,16+,17-/m0/s1. The fraction of sp³-hybridized carbons (Fsp3) is 0.833. The van der Waals surface area contributed by atoms with E-state index in [1.807, 2.05) is 0 Å². The molecule has 1 saturated heterocycles. The van der Waals surface area contributed by atoms with Gasteiger partial charge in [-0.05, 0) is 49.4 Å². The first kappa shape index (κ1) is 15.1. The third kappa shape index (κ3) is 3.50. The molecule has 1 saturated carbocycles. The van der Waals surface area contributed by atoms with E-state index in [-0.39, 0.29) is 18.5 Å². The van der Waals surface area contributed by atoms with Gasteiger partial charge in [0.25, 0.3) is 0 Å². The fourth-order valence-corrected chi connectivity index (χ4v) is 4.70. The lowest BCUT2D eigenvalue weighted by Gasteiger charge is -2.42. The molecule has 21 heavy (non-hydrogen) atoms. The fourth-order valence-electron chi connectivity index (χ4n) is 4.70. The first-order valence-electron chi connectivity index (χ1n) is 8.69. The zero-order chi connectivity index (χ0) is 14.8. The van der Waals surface area contributed by atoms with Gasteiger partial charge < -0.3 is 9.84 Å². The van der Waals surface area contributed by atoms with E-state index < -0.39 is 6.10 Å². The van der Waals surface area contributed by atoms with Gasteiger partial charge >= 0.3 is 5.97 Å². The first-order chi connectivity index (χ1) is 10.1. The molecule has 0 amide bonds. The van der Waals surface area contributed by atoms with Gasteiger partial charge in [-0.3, -0.25) is 4.79 Å². The Morgan fingerprint density at radius 2 is 2.05 bits per heavy atom. The van der Waals surface area contributed by atoms with Gasteiger partial charge in [0.05, 0.1) is 12.5 Å². The van der Waals surface area contributed by atoms with Crippen LogP contribution in [0, 0.1) is 23.7 Å². The van der Waals surface area contributed by atoms with Gasteiger partial charge in [-0.2, -0.15) is 0 Å². The van der Waals surface area contributed by atoms with Gasteiger partial charge in [0.15, 0.2) is 0 Å². The highest BCUT2D eigenvalue weighted by molar-refractivity contribution is 5.70. The monoisotopic (exact) mass is 292 g/mol. The van der Waals surface area contributed by atoms with E-state index in [2.05, 4.69) is 19.1 Å². The summed E-state index contributed by atoms with van der Waals surface area (Å²) in [5, 5.41) is 9.71. The highest BCUT2D eigenvalue weighted by atomic mass is 16.5. The molecule has 0 aromatic heterocycles. The number of hydrogen-bond acceptors (Lipinski definition) is 3. The summed E-state index contributed by atoms with van der Waals surface area (Å²) < 4.78 is 5.40. The van der Waals surface area contributed by atoms with Crippen molar-refractivity contribution in [1.29, 1.82) is 0 Å². The van der Waals surface area contributed by atoms with Crippen LogP contribution in [-0.2, 0) is 9.53 Å². The van der Waals surface area contributed by atoms with Crippen molar-refractivity contribution in [2.75, 3.05) is 0 Å². The zero-order valence-corrected chi connectivity index (χ0v) is 13.0. The highest BCUT2D eigenvalue weighted by Gasteiger charge is 2.36. The molecule has 1 heterocycles. The number of aliphatic hydroxyl groups excluding tert-OH is 1. The highest BCUT2D eigenvalue weighted by Crippen LogP contribution is 2.45. The van der Waals surface area contributed by atoms with Crippen molar-refractivity contribution in [3.63, 3.8) is 0 Å². The maximum Gasteiger partial charge on any atom is 0.308 e. The second-order valence-electron chi connectivity index (χ2n) is 7.30. The molecule has 0 bridgehead atoms. The average Bonchev–Trinajstić information content (AvgIpc) is 2.45. The van der Waals surface area contributed by atoms with Crippen LogP contribution < -0.4 is 0 Å². The van der Waals surface area contributed by atoms with E-state index in [1.165, 1.54) is 25.7 Å². The van der Waals surface area contributed by atoms with Crippen LogP contribution in [-0.4, -0.2) is 23.3 Å². The van der Waals surface area contributed by atoms with Crippen molar-refractivity contribution in [1.82, 2.24) is 0 Å². The summed E-state index contributed by atoms with van der Waals surface area (Å²) in [6.45, 7) is 2.33. The van der Waals surface area contributed by atoms with E-state index in [0.29, 0.717) is 12.3 Å². The predicted molar refractivity (Wildman–Crippen MR) is 81.6 cm³/mol. The normalized spacial score (nSPS) is 43.2. The van der Waals surface area contributed by atoms with Crippen molar-refractivity contribution in [3.8, 4) is 0 Å². The summed E-state index contributed by atoms with van der Waals surface area (Å²) in [4.78, 5) is 11.4. The van der Waals surface area contributed by atoms with Gasteiger partial charge in [0.1, 0.15) is 6.10 Å². The number of carbonyl (C=O) groups excluding carboxylic acids is 1. The molecule has 2 fully saturated rings. The zero-order valence-electron chi connectivity index (χ0n) is 13.0. The van der Waals surface area contributed by atoms with Crippen molar-refractivity contribution >= 4 is 5.97 Å². The van der Waals surface area contributed by atoms with Crippen LogP contribution >= 0.6 is 0 Å². The lowest BCUT2D eigenvalue weighted by Crippen LogP contribution is -2.36. The molecule has 3 rings (SSSR count). The van der Waals surface area contributed by atoms with Gasteiger partial charge in [-0.25, -0.2) is 0 Å². The summed E-state index contributed by atoms with van der Waals surface area (Å²) in [6.07, 6.45) is 12.6. The summed E-state index contributed by atoms with van der Waals surface area (Å²) in [5.41, 5.74) is 0. The summed E-state index contributed by atoms with van der Waals surface area (Å²) >= 11 is 0. The van der Waals surface area contributed by atoms with Crippen molar-refractivity contribution in [2.45, 2.75) is 70.5 Å². The summed E-state index contributed by atoms with van der Waals surface area (Å²) in [7, 11) is 0. The van der Waals surface area contributed by atoms with Gasteiger partial charge in [-0.15, -0.1) is 0 Å². The Kier molecular flexibility index (Phi) is 4.68. The minimum Gasteiger partial charge on any atom is -0.462 e. The minimum atomic E-state index is -0.498. The second-order valence-corrected chi connectivity index (χ2v) is 7.30. The molecule has 3 heteroatoms. The Morgan fingerprint density at radius 3 is 2.86 bits per heavy atom. The molecule has 0 aromatic carbocycles. The number of ether oxygens (including phenoxy) is 1. The lowest BCUT2D eigenvalue weighted by atomic mass is 9.64. The number of cyclic esters (lactones) is 1. The Labute approximate surface area is 127 Å². The second kappa shape index (κ2) is 6.51. The molecular weight excluding hydrogens is 264 g/mol. The van der Waals surface area contributed by atoms with E-state index >= 15 is 0 Å². The Hall–Kier alpha value is -0.830. The topological polar surface area (TPSA) is 46.5 Å². The Morgan fingerprint density at radius 1 is 1.24 bits per heavy atom. The average molecular weight is 292 g/mol. The molecule has 3 aliphatic rings. The third-order valence-electron chi connectivity index (χ3n) is 5.82. The molecule has 0 spiro atoms. The molecule has 118 valence electrons. The maximum absolute atomic E-state index is 11.4. The molecule has 0 aromatic rings. The molecule has 0 radical (unpaired) electrons.